The van der Waals surface area contributed by atoms with Gasteiger partial charge < -0.3 is 28.7 Å². The molecule has 50 heavy (non-hydrogen) atoms. The molecule has 10 N–H and O–H groups in total. The van der Waals surface area contributed by atoms with Crippen molar-refractivity contribution < 1.29 is 9.85 Å². The highest BCUT2D eigenvalue weighted by Gasteiger charge is 2.06. The van der Waals surface area contributed by atoms with Gasteiger partial charge in [-0.15, -0.1) is 0 Å². The third-order valence-electron chi connectivity index (χ3n) is 6.37. The zero-order valence-electron chi connectivity index (χ0n) is 26.7. The minimum atomic E-state index is -0.524. The van der Waals surface area contributed by atoms with E-state index in [0.717, 1.165) is 40.8 Å². The van der Waals surface area contributed by atoms with E-state index in [2.05, 4.69) is 15.0 Å². The molecule has 0 saturated carbocycles. The van der Waals surface area contributed by atoms with Gasteiger partial charge in [0, 0.05) is 59.1 Å². The van der Waals surface area contributed by atoms with Crippen LogP contribution >= 0.6 is 11.6 Å². The van der Waals surface area contributed by atoms with Crippen LogP contribution in [-0.4, -0.2) is 24.8 Å². The standard InChI is InChI=1S/C12H11N3O2.C12H13N3.C6H8N2.C5H3ClN2O2/c13-10-3-1-2-9(6-10)7-11-4-5-12(8-14-11)15(16)17;13-10-3-1-2-9(6-10)7-12-5-4-11(14)8-15-12;7-5-2-1-3-6(8)4-5;6-5-2-1-4(3-7-5)8(9)10/h1-6,8H,7,13H2;1-6,8H,7,13-14H2;1-4H,7-8H2;1-3H. The highest BCUT2D eigenvalue weighted by molar-refractivity contribution is 6.29. The van der Waals surface area contributed by atoms with Gasteiger partial charge in [-0.1, -0.05) is 41.9 Å². The van der Waals surface area contributed by atoms with Crippen LogP contribution in [0.1, 0.15) is 22.5 Å². The van der Waals surface area contributed by atoms with Crippen LogP contribution in [-0.2, 0) is 12.8 Å². The van der Waals surface area contributed by atoms with Crippen LogP contribution in [0.25, 0.3) is 0 Å². The van der Waals surface area contributed by atoms with Gasteiger partial charge in [-0.25, -0.2) is 4.98 Å². The second kappa shape index (κ2) is 19.1. The van der Waals surface area contributed by atoms with Gasteiger partial charge >= 0.3 is 0 Å². The van der Waals surface area contributed by atoms with Crippen molar-refractivity contribution in [1.29, 1.82) is 0 Å². The Morgan fingerprint density at radius 3 is 1.26 bits per heavy atom. The average molecular weight is 695 g/mol. The highest BCUT2D eigenvalue weighted by atomic mass is 35.5. The molecule has 0 aliphatic heterocycles. The SMILES string of the molecule is Nc1ccc(Cc2cccc(N)c2)nc1.Nc1cccc(Cc2ccc([N+](=O)[O-])cn2)c1.Nc1cccc(N)c1.O=[N+]([O-])c1ccc(Cl)nc1. The number of rotatable bonds is 6. The Bertz CT molecular complexity index is 1960. The summed E-state index contributed by atoms with van der Waals surface area (Å²) in [7, 11) is 0. The van der Waals surface area contributed by atoms with Crippen molar-refractivity contribution >= 4 is 51.4 Å². The fraction of sp³-hybridized carbons (Fsp3) is 0.0571. The van der Waals surface area contributed by atoms with E-state index in [1.165, 1.54) is 24.4 Å². The quantitative estimate of drug-likeness (QED) is 0.0542. The van der Waals surface area contributed by atoms with Crippen molar-refractivity contribution in [2.45, 2.75) is 12.8 Å². The van der Waals surface area contributed by atoms with Crippen LogP contribution in [0.5, 0.6) is 0 Å². The van der Waals surface area contributed by atoms with Gasteiger partial charge in [-0.2, -0.15) is 0 Å². The number of nitro groups is 2. The first-order valence-corrected chi connectivity index (χ1v) is 15.1. The van der Waals surface area contributed by atoms with Crippen molar-refractivity contribution in [1.82, 2.24) is 15.0 Å². The third-order valence-corrected chi connectivity index (χ3v) is 6.60. The Hall–Kier alpha value is -6.80. The summed E-state index contributed by atoms with van der Waals surface area (Å²) in [5.41, 5.74) is 35.2. The Morgan fingerprint density at radius 2 is 0.920 bits per heavy atom. The summed E-state index contributed by atoms with van der Waals surface area (Å²) in [5, 5.41) is 20.8. The largest absolute Gasteiger partial charge is 0.399 e. The summed E-state index contributed by atoms with van der Waals surface area (Å²) >= 11 is 5.38. The highest BCUT2D eigenvalue weighted by Crippen LogP contribution is 2.15. The minimum Gasteiger partial charge on any atom is -0.399 e. The van der Waals surface area contributed by atoms with Gasteiger partial charge in [0.1, 0.15) is 17.5 Å². The van der Waals surface area contributed by atoms with Gasteiger partial charge in [0.05, 0.1) is 21.7 Å². The molecule has 6 rings (SSSR count). The molecule has 0 aliphatic rings. The van der Waals surface area contributed by atoms with E-state index in [-0.39, 0.29) is 16.5 Å². The van der Waals surface area contributed by atoms with Crippen LogP contribution in [0.2, 0.25) is 5.15 Å². The molecule has 0 spiro atoms. The Labute approximate surface area is 292 Å². The normalized spacial score (nSPS) is 9.78. The number of anilines is 5. The maximum absolute atomic E-state index is 10.5. The lowest BCUT2D eigenvalue weighted by atomic mass is 10.1. The Morgan fingerprint density at radius 1 is 0.500 bits per heavy atom. The summed E-state index contributed by atoms with van der Waals surface area (Å²) in [6.07, 6.45) is 5.44. The first-order chi connectivity index (χ1) is 23.9. The molecule has 6 aromatic rings. The van der Waals surface area contributed by atoms with Gasteiger partial charge in [0.15, 0.2) is 0 Å². The second-order valence-electron chi connectivity index (χ2n) is 10.5. The maximum Gasteiger partial charge on any atom is 0.287 e. The summed E-state index contributed by atoms with van der Waals surface area (Å²) in [4.78, 5) is 31.3. The van der Waals surface area contributed by atoms with Gasteiger partial charge in [-0.3, -0.25) is 30.2 Å². The molecule has 0 fully saturated rings. The zero-order chi connectivity index (χ0) is 36.5. The molecule has 3 aromatic carbocycles. The predicted octanol–water partition coefficient (Wildman–Crippen LogP) is 6.49. The van der Waals surface area contributed by atoms with Gasteiger partial charge in [0.2, 0.25) is 0 Å². The van der Waals surface area contributed by atoms with E-state index in [9.17, 15) is 20.2 Å². The monoisotopic (exact) mass is 694 g/mol. The lowest BCUT2D eigenvalue weighted by molar-refractivity contribution is -0.385. The fourth-order valence-corrected chi connectivity index (χ4v) is 4.14. The van der Waals surface area contributed by atoms with Crippen LogP contribution in [0.3, 0.4) is 0 Å². The number of pyridine rings is 3. The van der Waals surface area contributed by atoms with Gasteiger partial charge in [0.25, 0.3) is 11.4 Å². The van der Waals surface area contributed by atoms with Crippen molar-refractivity contribution in [3.05, 3.63) is 176 Å². The van der Waals surface area contributed by atoms with E-state index in [0.29, 0.717) is 29.2 Å². The average Bonchev–Trinajstić information content (AvgIpc) is 3.07. The molecular weight excluding hydrogens is 660 g/mol. The van der Waals surface area contributed by atoms with Crippen LogP contribution in [0.15, 0.2) is 128 Å². The topological polar surface area (TPSA) is 255 Å². The first-order valence-electron chi connectivity index (χ1n) is 14.7. The number of nitrogens with two attached hydrogens (primary N) is 5. The van der Waals surface area contributed by atoms with E-state index in [1.54, 1.807) is 30.5 Å². The number of hydrogen-bond donors (Lipinski definition) is 5. The van der Waals surface area contributed by atoms with Crippen LogP contribution < -0.4 is 28.7 Å². The summed E-state index contributed by atoms with van der Waals surface area (Å²) in [6.45, 7) is 0. The summed E-state index contributed by atoms with van der Waals surface area (Å²) in [6, 6.07) is 32.0. The van der Waals surface area contributed by atoms with Crippen molar-refractivity contribution in [3.8, 4) is 0 Å². The number of hydrogen-bond acceptors (Lipinski definition) is 12. The molecule has 0 bridgehead atoms. The molecule has 15 heteroatoms. The van der Waals surface area contributed by atoms with E-state index in [1.807, 2.05) is 66.7 Å². The van der Waals surface area contributed by atoms with E-state index < -0.39 is 9.85 Å². The molecule has 256 valence electrons. The first kappa shape index (κ1) is 37.7. The zero-order valence-corrected chi connectivity index (χ0v) is 27.4. The van der Waals surface area contributed by atoms with Gasteiger partial charge in [-0.05, 0) is 77.9 Å². The van der Waals surface area contributed by atoms with Crippen LogP contribution in [0.4, 0.5) is 39.8 Å². The summed E-state index contributed by atoms with van der Waals surface area (Å²) in [5.74, 6) is 0. The summed E-state index contributed by atoms with van der Waals surface area (Å²) < 4.78 is 0. The fourth-order valence-electron chi connectivity index (χ4n) is 4.03. The molecule has 14 nitrogen and oxygen atoms in total. The number of aromatic nitrogens is 3. The van der Waals surface area contributed by atoms with E-state index >= 15 is 0 Å². The molecule has 0 aliphatic carbocycles. The maximum atomic E-state index is 10.5. The number of nitrogens with zero attached hydrogens (tertiary/aromatic N) is 5. The van der Waals surface area contributed by atoms with Crippen molar-refractivity contribution in [2.24, 2.45) is 0 Å². The van der Waals surface area contributed by atoms with E-state index in [4.69, 9.17) is 40.3 Å². The molecule has 0 saturated heterocycles. The molecule has 0 atom stereocenters. The molecule has 0 radical (unpaired) electrons. The number of nitrogen functional groups attached to an aromatic ring is 5. The number of halogens is 1. The molecule has 0 unspecified atom stereocenters. The lowest BCUT2D eigenvalue weighted by Crippen LogP contribution is -1.95. The molecular formula is C35H35ClN10O4. The second-order valence-corrected chi connectivity index (χ2v) is 10.8. The lowest BCUT2D eigenvalue weighted by Gasteiger charge is -2.02. The smallest absolute Gasteiger partial charge is 0.287 e. The number of benzene rings is 3. The molecule has 3 aromatic heterocycles. The Balaban J connectivity index is 0.000000188. The van der Waals surface area contributed by atoms with Crippen LogP contribution in [0, 0.1) is 20.2 Å². The molecule has 3 heterocycles. The van der Waals surface area contributed by atoms with Crippen molar-refractivity contribution in [2.75, 3.05) is 28.7 Å². The molecule has 0 amide bonds. The minimum absolute atomic E-state index is 0.00123. The predicted molar refractivity (Wildman–Crippen MR) is 198 cm³/mol. The Kier molecular flexibility index (Phi) is 14.4. The third kappa shape index (κ3) is 13.9. The van der Waals surface area contributed by atoms with Crippen molar-refractivity contribution in [3.63, 3.8) is 0 Å².